The lowest BCUT2D eigenvalue weighted by Crippen LogP contribution is -2.25. The molecule has 24 heavy (non-hydrogen) atoms. The van der Waals surface area contributed by atoms with Gasteiger partial charge in [-0.1, -0.05) is 18.2 Å². The van der Waals surface area contributed by atoms with Gasteiger partial charge in [-0.2, -0.15) is 0 Å². The van der Waals surface area contributed by atoms with Crippen molar-refractivity contribution in [1.29, 1.82) is 0 Å². The number of amides is 2. The van der Waals surface area contributed by atoms with Crippen LogP contribution in [-0.2, 0) is 11.2 Å². The number of benzene rings is 1. The molecule has 1 aromatic carbocycles. The van der Waals surface area contributed by atoms with Gasteiger partial charge in [-0.3, -0.25) is 14.5 Å². The molecule has 6 nitrogen and oxygen atoms in total. The van der Waals surface area contributed by atoms with Gasteiger partial charge in [-0.25, -0.2) is 4.98 Å². The van der Waals surface area contributed by atoms with Crippen LogP contribution in [0.2, 0.25) is 0 Å². The first-order valence-corrected chi connectivity index (χ1v) is 8.12. The highest BCUT2D eigenvalue weighted by atomic mass is 32.1. The summed E-state index contributed by atoms with van der Waals surface area (Å²) in [6, 6.07) is 12.5. The van der Waals surface area contributed by atoms with E-state index in [1.54, 1.807) is 24.6 Å². The highest BCUT2D eigenvalue weighted by Crippen LogP contribution is 2.22. The molecule has 2 amide bonds. The number of thiazole rings is 1. The van der Waals surface area contributed by atoms with Crippen molar-refractivity contribution in [3.8, 4) is 0 Å². The van der Waals surface area contributed by atoms with Crippen LogP contribution in [0, 0.1) is 0 Å². The Morgan fingerprint density at radius 1 is 1.21 bits per heavy atom. The van der Waals surface area contributed by atoms with Crippen molar-refractivity contribution in [1.82, 2.24) is 4.98 Å². The van der Waals surface area contributed by atoms with E-state index in [4.69, 9.17) is 4.42 Å². The smallest absolute Gasteiger partial charge is 0.295 e. The van der Waals surface area contributed by atoms with Crippen molar-refractivity contribution >= 4 is 34.0 Å². The topological polar surface area (TPSA) is 75.4 Å². The van der Waals surface area contributed by atoms with Crippen LogP contribution < -0.4 is 10.2 Å². The van der Waals surface area contributed by atoms with Gasteiger partial charge < -0.3 is 9.73 Å². The Labute approximate surface area is 142 Å². The fourth-order valence-electron chi connectivity index (χ4n) is 2.08. The SMILES string of the molecule is CN(C(=O)c1ccco1)c1nc(CC(=O)Nc2ccccc2)cs1. The molecule has 2 heterocycles. The first-order valence-electron chi connectivity index (χ1n) is 7.24. The maximum atomic E-state index is 12.2. The Hall–Kier alpha value is -2.93. The minimum Gasteiger partial charge on any atom is -0.459 e. The number of hydrogen-bond donors (Lipinski definition) is 1. The normalized spacial score (nSPS) is 10.4. The second kappa shape index (κ2) is 7.10. The second-order valence-electron chi connectivity index (χ2n) is 5.05. The van der Waals surface area contributed by atoms with Gasteiger partial charge in [0, 0.05) is 18.1 Å². The van der Waals surface area contributed by atoms with Crippen molar-refractivity contribution < 1.29 is 14.0 Å². The summed E-state index contributed by atoms with van der Waals surface area (Å²) in [5, 5.41) is 5.09. The third kappa shape index (κ3) is 3.69. The summed E-state index contributed by atoms with van der Waals surface area (Å²) < 4.78 is 5.10. The van der Waals surface area contributed by atoms with Crippen molar-refractivity contribution in [2.24, 2.45) is 0 Å². The molecular formula is C17H15N3O3S. The Morgan fingerprint density at radius 2 is 2.00 bits per heavy atom. The predicted molar refractivity (Wildman–Crippen MR) is 92.3 cm³/mol. The molecule has 3 aromatic rings. The molecule has 0 radical (unpaired) electrons. The van der Waals surface area contributed by atoms with Crippen LogP contribution in [0.4, 0.5) is 10.8 Å². The molecule has 0 atom stereocenters. The molecule has 0 aliphatic rings. The zero-order chi connectivity index (χ0) is 16.9. The lowest BCUT2D eigenvalue weighted by molar-refractivity contribution is -0.115. The molecule has 0 aliphatic carbocycles. The van der Waals surface area contributed by atoms with Crippen molar-refractivity contribution in [2.75, 3.05) is 17.3 Å². The minimum atomic E-state index is -0.283. The van der Waals surface area contributed by atoms with Crippen LogP contribution in [-0.4, -0.2) is 23.8 Å². The fourth-order valence-corrected chi connectivity index (χ4v) is 2.86. The van der Waals surface area contributed by atoms with E-state index in [1.165, 1.54) is 22.5 Å². The van der Waals surface area contributed by atoms with Crippen LogP contribution in [0.3, 0.4) is 0 Å². The molecule has 0 saturated heterocycles. The quantitative estimate of drug-likeness (QED) is 0.773. The number of para-hydroxylation sites is 1. The summed E-state index contributed by atoms with van der Waals surface area (Å²) in [4.78, 5) is 30.0. The number of carbonyl (C=O) groups is 2. The maximum Gasteiger partial charge on any atom is 0.295 e. The lowest BCUT2D eigenvalue weighted by Gasteiger charge is -2.11. The number of nitrogens with zero attached hydrogens (tertiary/aromatic N) is 2. The average molecular weight is 341 g/mol. The molecule has 0 saturated carbocycles. The van der Waals surface area contributed by atoms with Crippen molar-refractivity contribution in [3.05, 3.63) is 65.6 Å². The largest absolute Gasteiger partial charge is 0.459 e. The zero-order valence-electron chi connectivity index (χ0n) is 12.9. The number of aromatic nitrogens is 1. The molecule has 2 aromatic heterocycles. The Morgan fingerprint density at radius 3 is 2.71 bits per heavy atom. The molecule has 122 valence electrons. The number of carbonyl (C=O) groups excluding carboxylic acids is 2. The van der Waals surface area contributed by atoms with Gasteiger partial charge in [0.05, 0.1) is 18.4 Å². The molecule has 0 bridgehead atoms. The monoisotopic (exact) mass is 341 g/mol. The van der Waals surface area contributed by atoms with E-state index in [0.29, 0.717) is 10.8 Å². The van der Waals surface area contributed by atoms with E-state index in [1.807, 2.05) is 30.3 Å². The molecule has 7 heteroatoms. The molecule has 0 fully saturated rings. The zero-order valence-corrected chi connectivity index (χ0v) is 13.7. The van der Waals surface area contributed by atoms with Gasteiger partial charge in [0.25, 0.3) is 5.91 Å². The van der Waals surface area contributed by atoms with Crippen LogP contribution in [0.15, 0.2) is 58.5 Å². The van der Waals surface area contributed by atoms with Gasteiger partial charge in [0.2, 0.25) is 5.91 Å². The molecule has 3 rings (SSSR count). The summed E-state index contributed by atoms with van der Waals surface area (Å²) in [5.74, 6) is -0.191. The van der Waals surface area contributed by atoms with Crippen LogP contribution >= 0.6 is 11.3 Å². The molecule has 0 unspecified atom stereocenters. The molecule has 0 aliphatic heterocycles. The summed E-state index contributed by atoms with van der Waals surface area (Å²) in [5.41, 5.74) is 1.35. The van der Waals surface area contributed by atoms with Gasteiger partial charge in [-0.15, -0.1) is 11.3 Å². The van der Waals surface area contributed by atoms with Crippen LogP contribution in [0.25, 0.3) is 0 Å². The van der Waals surface area contributed by atoms with Crippen LogP contribution in [0.1, 0.15) is 16.2 Å². The second-order valence-corrected chi connectivity index (χ2v) is 5.89. The van der Waals surface area contributed by atoms with E-state index in [2.05, 4.69) is 10.3 Å². The van der Waals surface area contributed by atoms with E-state index in [9.17, 15) is 9.59 Å². The number of rotatable bonds is 5. The number of nitrogens with one attached hydrogen (secondary N) is 1. The highest BCUT2D eigenvalue weighted by Gasteiger charge is 2.19. The fraction of sp³-hybridized carbons (Fsp3) is 0.118. The standard InChI is InChI=1S/C17H15N3O3S/c1-20(16(22)14-8-5-9-23-14)17-19-13(11-24-17)10-15(21)18-12-6-3-2-4-7-12/h2-9,11H,10H2,1H3,(H,18,21). The molecule has 1 N–H and O–H groups in total. The third-order valence-corrected chi connectivity index (χ3v) is 4.23. The number of anilines is 2. The van der Waals surface area contributed by atoms with Gasteiger partial charge >= 0.3 is 0 Å². The Kier molecular flexibility index (Phi) is 4.72. The van der Waals surface area contributed by atoms with Crippen LogP contribution in [0.5, 0.6) is 0 Å². The first kappa shape index (κ1) is 15.9. The summed E-state index contributed by atoms with van der Waals surface area (Å²) >= 11 is 1.30. The summed E-state index contributed by atoms with van der Waals surface area (Å²) in [7, 11) is 1.62. The maximum absolute atomic E-state index is 12.2. The number of furan rings is 1. The van der Waals surface area contributed by atoms with Gasteiger partial charge in [0.1, 0.15) is 0 Å². The predicted octanol–water partition coefficient (Wildman–Crippen LogP) is 3.19. The highest BCUT2D eigenvalue weighted by molar-refractivity contribution is 7.14. The minimum absolute atomic E-state index is 0.147. The van der Waals surface area contributed by atoms with Crippen molar-refractivity contribution in [2.45, 2.75) is 6.42 Å². The van der Waals surface area contributed by atoms with Gasteiger partial charge in [0.15, 0.2) is 10.9 Å². The average Bonchev–Trinajstić information content (AvgIpc) is 3.26. The van der Waals surface area contributed by atoms with Gasteiger partial charge in [-0.05, 0) is 24.3 Å². The number of hydrogen-bond acceptors (Lipinski definition) is 5. The molecule has 0 spiro atoms. The van der Waals surface area contributed by atoms with E-state index in [-0.39, 0.29) is 24.0 Å². The first-order chi connectivity index (χ1) is 11.6. The molecular weight excluding hydrogens is 326 g/mol. The van der Waals surface area contributed by atoms with E-state index >= 15 is 0 Å². The third-order valence-electron chi connectivity index (χ3n) is 3.26. The van der Waals surface area contributed by atoms with E-state index < -0.39 is 0 Å². The lowest BCUT2D eigenvalue weighted by atomic mass is 10.3. The summed E-state index contributed by atoms with van der Waals surface area (Å²) in [6.45, 7) is 0. The van der Waals surface area contributed by atoms with E-state index in [0.717, 1.165) is 5.69 Å². The Bertz CT molecular complexity index is 828. The summed E-state index contributed by atoms with van der Waals surface area (Å²) in [6.07, 6.45) is 1.59. The van der Waals surface area contributed by atoms with Crippen molar-refractivity contribution in [3.63, 3.8) is 0 Å². The Balaban J connectivity index is 1.63.